The molecular formula is C20H21N5O. The van der Waals surface area contributed by atoms with Crippen LogP contribution >= 0.6 is 0 Å². The molecule has 2 aromatic heterocycles. The Balaban J connectivity index is 1.50. The lowest BCUT2D eigenvalue weighted by atomic mass is 9.84. The molecule has 0 spiro atoms. The number of nitrogens with zero attached hydrogens (tertiary/aromatic N) is 5. The molecule has 6 heteroatoms. The van der Waals surface area contributed by atoms with Crippen molar-refractivity contribution >= 4 is 5.82 Å². The molecule has 0 amide bonds. The number of benzene rings is 1. The van der Waals surface area contributed by atoms with Gasteiger partial charge in [-0.15, -0.1) is 0 Å². The third-order valence-electron chi connectivity index (χ3n) is 5.54. The Kier molecular flexibility index (Phi) is 3.90. The van der Waals surface area contributed by atoms with Crippen LogP contribution in [0.1, 0.15) is 17.9 Å². The van der Waals surface area contributed by atoms with E-state index in [-0.39, 0.29) is 0 Å². The highest BCUT2D eigenvalue weighted by Crippen LogP contribution is 2.42. The summed E-state index contributed by atoms with van der Waals surface area (Å²) in [4.78, 5) is 11.7. The van der Waals surface area contributed by atoms with E-state index in [4.69, 9.17) is 9.72 Å². The van der Waals surface area contributed by atoms with Gasteiger partial charge >= 0.3 is 0 Å². The van der Waals surface area contributed by atoms with Gasteiger partial charge in [-0.3, -0.25) is 4.98 Å². The first kappa shape index (κ1) is 15.5. The van der Waals surface area contributed by atoms with Crippen molar-refractivity contribution in [2.45, 2.75) is 18.4 Å². The average molecular weight is 347 g/mol. The monoisotopic (exact) mass is 347 g/mol. The maximum absolute atomic E-state index is 5.83. The van der Waals surface area contributed by atoms with Crippen LogP contribution in [0, 0.1) is 5.92 Å². The fraction of sp³-hybridized carbons (Fsp3) is 0.350. The predicted octanol–water partition coefficient (Wildman–Crippen LogP) is 2.67. The third kappa shape index (κ3) is 2.66. The quantitative estimate of drug-likeness (QED) is 0.729. The van der Waals surface area contributed by atoms with E-state index in [0.717, 1.165) is 37.8 Å². The summed E-state index contributed by atoms with van der Waals surface area (Å²) in [5.74, 6) is 2.62. The van der Waals surface area contributed by atoms with Crippen LogP contribution < -0.4 is 4.90 Å². The van der Waals surface area contributed by atoms with E-state index < -0.39 is 0 Å². The van der Waals surface area contributed by atoms with Gasteiger partial charge < -0.3 is 9.64 Å². The molecule has 0 N–H and O–H groups in total. The molecular weight excluding hydrogens is 326 g/mol. The topological polar surface area (TPSA) is 56.1 Å². The molecule has 1 aromatic carbocycles. The fourth-order valence-electron chi connectivity index (χ4n) is 4.32. The minimum atomic E-state index is 0.441. The summed E-state index contributed by atoms with van der Waals surface area (Å²) in [6, 6.07) is 13.1. The highest BCUT2D eigenvalue weighted by atomic mass is 16.5. The Morgan fingerprint density at radius 2 is 1.92 bits per heavy atom. The van der Waals surface area contributed by atoms with Gasteiger partial charge in [0.15, 0.2) is 5.82 Å². The minimum absolute atomic E-state index is 0.441. The van der Waals surface area contributed by atoms with Gasteiger partial charge in [0.2, 0.25) is 0 Å². The molecule has 132 valence electrons. The van der Waals surface area contributed by atoms with Crippen LogP contribution in [0.3, 0.4) is 0 Å². The van der Waals surface area contributed by atoms with Crippen molar-refractivity contribution in [2.24, 2.45) is 5.92 Å². The summed E-state index contributed by atoms with van der Waals surface area (Å²) in [5, 5.41) is 4.27. The van der Waals surface area contributed by atoms with E-state index in [1.54, 1.807) is 17.1 Å². The Morgan fingerprint density at radius 3 is 2.77 bits per heavy atom. The first-order valence-corrected chi connectivity index (χ1v) is 9.11. The van der Waals surface area contributed by atoms with Gasteiger partial charge in [-0.1, -0.05) is 30.3 Å². The van der Waals surface area contributed by atoms with E-state index in [1.165, 1.54) is 5.56 Å². The van der Waals surface area contributed by atoms with E-state index in [9.17, 15) is 0 Å². The molecule has 2 aliphatic rings. The summed E-state index contributed by atoms with van der Waals surface area (Å²) in [5.41, 5.74) is 1.38. The zero-order valence-electron chi connectivity index (χ0n) is 14.5. The first-order chi connectivity index (χ1) is 12.9. The summed E-state index contributed by atoms with van der Waals surface area (Å²) >= 11 is 0. The first-order valence-electron chi connectivity index (χ1n) is 9.11. The van der Waals surface area contributed by atoms with Crippen LogP contribution in [0.15, 0.2) is 61.2 Å². The molecule has 2 saturated heterocycles. The van der Waals surface area contributed by atoms with Crippen LogP contribution in [0.2, 0.25) is 0 Å². The third-order valence-corrected chi connectivity index (χ3v) is 5.54. The van der Waals surface area contributed by atoms with Crippen molar-refractivity contribution in [1.29, 1.82) is 0 Å². The van der Waals surface area contributed by atoms with E-state index >= 15 is 0 Å². The Hall–Kier alpha value is -2.73. The van der Waals surface area contributed by atoms with Gasteiger partial charge in [0.1, 0.15) is 5.82 Å². The van der Waals surface area contributed by atoms with Gasteiger partial charge in [0.25, 0.3) is 0 Å². The lowest BCUT2D eigenvalue weighted by molar-refractivity contribution is 0.0461. The van der Waals surface area contributed by atoms with Gasteiger partial charge in [-0.25, -0.2) is 9.67 Å². The van der Waals surface area contributed by atoms with Gasteiger partial charge in [-0.05, 0) is 18.1 Å². The number of aromatic nitrogens is 4. The summed E-state index contributed by atoms with van der Waals surface area (Å²) in [6.07, 6.45) is 8.29. The van der Waals surface area contributed by atoms with Crippen LogP contribution in [0.5, 0.6) is 0 Å². The van der Waals surface area contributed by atoms with Crippen molar-refractivity contribution in [1.82, 2.24) is 19.7 Å². The highest BCUT2D eigenvalue weighted by Gasteiger charge is 2.44. The predicted molar refractivity (Wildman–Crippen MR) is 98.4 cm³/mol. The van der Waals surface area contributed by atoms with E-state index in [2.05, 4.69) is 45.3 Å². The minimum Gasteiger partial charge on any atom is -0.381 e. The van der Waals surface area contributed by atoms with Crippen molar-refractivity contribution in [3.05, 3.63) is 66.7 Å². The number of anilines is 1. The maximum Gasteiger partial charge on any atom is 0.173 e. The van der Waals surface area contributed by atoms with Gasteiger partial charge in [-0.2, -0.15) is 5.10 Å². The number of ether oxygens (including phenoxy) is 1. The van der Waals surface area contributed by atoms with Crippen LogP contribution in [0.25, 0.3) is 5.82 Å². The average Bonchev–Trinajstić information content (AvgIpc) is 3.37. The molecule has 5 rings (SSSR count). The molecule has 3 atom stereocenters. The SMILES string of the molecule is c1ccc(C2CN(c3cncc(-n4cccn4)n3)C3CCOCC23)cc1. The molecule has 0 radical (unpaired) electrons. The number of hydrogen-bond acceptors (Lipinski definition) is 5. The molecule has 6 nitrogen and oxygen atoms in total. The van der Waals surface area contributed by atoms with Gasteiger partial charge in [0.05, 0.1) is 19.0 Å². The highest BCUT2D eigenvalue weighted by molar-refractivity contribution is 5.45. The summed E-state index contributed by atoms with van der Waals surface area (Å²) in [7, 11) is 0. The normalized spacial score (nSPS) is 25.2. The smallest absolute Gasteiger partial charge is 0.173 e. The molecule has 0 aliphatic carbocycles. The standard InChI is InChI=1S/C20H21N5O/c1-2-5-15(6-3-1)16-13-24(18-7-10-26-14-17(16)18)19-11-21-12-20(23-19)25-9-4-8-22-25/h1-6,8-9,11-12,16-18H,7,10,13-14H2. The second kappa shape index (κ2) is 6.53. The second-order valence-electron chi connectivity index (χ2n) is 6.95. The van der Waals surface area contributed by atoms with E-state index in [1.807, 2.05) is 18.5 Å². The van der Waals surface area contributed by atoms with Gasteiger partial charge in [0, 0.05) is 43.4 Å². The number of hydrogen-bond donors (Lipinski definition) is 0. The van der Waals surface area contributed by atoms with Crippen LogP contribution in [-0.4, -0.2) is 45.5 Å². The van der Waals surface area contributed by atoms with Crippen molar-refractivity contribution in [3.8, 4) is 5.82 Å². The summed E-state index contributed by atoms with van der Waals surface area (Å²) < 4.78 is 7.58. The summed E-state index contributed by atoms with van der Waals surface area (Å²) in [6.45, 7) is 2.57. The molecule has 3 aromatic rings. The maximum atomic E-state index is 5.83. The zero-order chi connectivity index (χ0) is 17.3. The zero-order valence-corrected chi connectivity index (χ0v) is 14.5. The van der Waals surface area contributed by atoms with Crippen molar-refractivity contribution in [3.63, 3.8) is 0 Å². The fourth-order valence-corrected chi connectivity index (χ4v) is 4.32. The Morgan fingerprint density at radius 1 is 1.04 bits per heavy atom. The van der Waals surface area contributed by atoms with Crippen LogP contribution in [-0.2, 0) is 4.74 Å². The molecule has 0 bridgehead atoms. The Labute approximate surface area is 152 Å². The largest absolute Gasteiger partial charge is 0.381 e. The molecule has 3 unspecified atom stereocenters. The molecule has 26 heavy (non-hydrogen) atoms. The lowest BCUT2D eigenvalue weighted by Gasteiger charge is -2.32. The van der Waals surface area contributed by atoms with Crippen molar-refractivity contribution in [2.75, 3.05) is 24.7 Å². The number of rotatable bonds is 3. The van der Waals surface area contributed by atoms with E-state index in [0.29, 0.717) is 17.9 Å². The molecule has 2 aliphatic heterocycles. The molecule has 0 saturated carbocycles. The van der Waals surface area contributed by atoms with Crippen molar-refractivity contribution < 1.29 is 4.74 Å². The lowest BCUT2D eigenvalue weighted by Crippen LogP contribution is -2.39. The second-order valence-corrected chi connectivity index (χ2v) is 6.95. The molecule has 2 fully saturated rings. The van der Waals surface area contributed by atoms with Crippen LogP contribution in [0.4, 0.5) is 5.82 Å². The molecule has 4 heterocycles. The Bertz CT molecular complexity index is 867. The number of fused-ring (bicyclic) bond motifs is 1.